The second kappa shape index (κ2) is 8.78. The number of carbonyl (C=O) groups excluding carboxylic acids is 3. The Balaban J connectivity index is 1.57. The molecule has 0 aliphatic heterocycles. The van der Waals surface area contributed by atoms with Crippen LogP contribution in [-0.2, 0) is 37.1 Å². The zero-order valence-corrected chi connectivity index (χ0v) is 21.8. The molecule has 3 aliphatic rings. The second-order valence-electron chi connectivity index (χ2n) is 10.2. The van der Waals surface area contributed by atoms with E-state index in [-0.39, 0.29) is 58.3 Å². The van der Waals surface area contributed by atoms with Crippen molar-refractivity contribution in [3.63, 3.8) is 0 Å². The molecule has 12 nitrogen and oxygen atoms in total. The lowest BCUT2D eigenvalue weighted by atomic mass is 9.59. The Bertz CT molecular complexity index is 1630. The number of phenolic OH excluding ortho intramolecular Hbond substituents is 1. The molecule has 1 aromatic heterocycles. The molecule has 0 saturated heterocycles. The molecule has 1 aromatic carbocycles. The van der Waals surface area contributed by atoms with Gasteiger partial charge in [-0.05, 0) is 56.2 Å². The molecule has 0 bridgehead atoms. The quantitative estimate of drug-likeness (QED) is 0.326. The number of amides is 1. The number of Topliss-reactive ketones (excluding diaryl/α,β-unsaturated/α-hetero) is 2. The average Bonchev–Trinajstić information content (AvgIpc) is 3.19. The summed E-state index contributed by atoms with van der Waals surface area (Å²) in [6.45, 7) is 3.02. The maximum atomic E-state index is 13.6. The van der Waals surface area contributed by atoms with Crippen LogP contribution in [0, 0.1) is 25.7 Å². The van der Waals surface area contributed by atoms with Gasteiger partial charge in [-0.15, -0.1) is 0 Å². The Labute approximate surface area is 222 Å². The van der Waals surface area contributed by atoms with E-state index in [9.17, 15) is 43.2 Å². The molecule has 0 spiro atoms. The van der Waals surface area contributed by atoms with Crippen molar-refractivity contribution in [3.05, 3.63) is 57.2 Å². The van der Waals surface area contributed by atoms with Crippen molar-refractivity contribution in [1.29, 1.82) is 0 Å². The Hall–Kier alpha value is -3.97. The molecule has 6 N–H and O–H groups in total. The largest absolute Gasteiger partial charge is 0.508 e. The van der Waals surface area contributed by atoms with Crippen molar-refractivity contribution in [3.8, 4) is 5.75 Å². The Kier molecular flexibility index (Phi) is 5.99. The third-order valence-electron chi connectivity index (χ3n) is 7.96. The van der Waals surface area contributed by atoms with E-state index >= 15 is 0 Å². The van der Waals surface area contributed by atoms with Crippen LogP contribution < -0.4 is 5.73 Å². The highest BCUT2D eigenvalue weighted by Gasteiger charge is 2.60. The molecule has 1 fully saturated rings. The Morgan fingerprint density at radius 2 is 1.87 bits per heavy atom. The zero-order valence-electron chi connectivity index (χ0n) is 21.0. The summed E-state index contributed by atoms with van der Waals surface area (Å²) in [7, 11) is -3.80. The predicted octanol–water partition coefficient (Wildman–Crippen LogP) is 1.05. The van der Waals surface area contributed by atoms with Gasteiger partial charge in [-0.3, -0.25) is 14.4 Å². The van der Waals surface area contributed by atoms with E-state index in [1.165, 1.54) is 26.0 Å². The first-order valence-corrected chi connectivity index (χ1v) is 13.8. The number of carbonyl (C=O) groups is 3. The number of nitrogens with zero attached hydrogens (tertiary/aromatic N) is 1. The number of fused-ring (bicyclic) bond motifs is 3. The highest BCUT2D eigenvalue weighted by Crippen LogP contribution is 2.52. The molecule has 1 heterocycles. The molecular formula is C26H26N2O10S. The number of aromatic nitrogens is 1. The molecule has 1 saturated carbocycles. The van der Waals surface area contributed by atoms with Gasteiger partial charge in [-0.2, -0.15) is 0 Å². The molecule has 39 heavy (non-hydrogen) atoms. The fourth-order valence-corrected chi connectivity index (χ4v) is 7.84. The minimum Gasteiger partial charge on any atom is -0.508 e. The van der Waals surface area contributed by atoms with Gasteiger partial charge in [-0.25, -0.2) is 8.42 Å². The topological polar surface area (TPSA) is 218 Å². The van der Waals surface area contributed by atoms with Gasteiger partial charge in [0.1, 0.15) is 27.7 Å². The van der Waals surface area contributed by atoms with Crippen molar-refractivity contribution in [2.75, 3.05) is 5.75 Å². The second-order valence-corrected chi connectivity index (χ2v) is 12.3. The van der Waals surface area contributed by atoms with Crippen LogP contribution in [0.25, 0.3) is 5.76 Å². The minimum atomic E-state index is -3.80. The molecule has 0 radical (unpaired) electrons. The number of benzene rings is 1. The van der Waals surface area contributed by atoms with Crippen LogP contribution >= 0.6 is 0 Å². The molecule has 3 aliphatic carbocycles. The molecule has 3 atom stereocenters. The molecule has 206 valence electrons. The fourth-order valence-electron chi connectivity index (χ4n) is 6.19. The Morgan fingerprint density at radius 3 is 2.49 bits per heavy atom. The number of aliphatic hydroxyl groups excluding tert-OH is 2. The number of aliphatic hydroxyl groups is 3. The first-order valence-electron chi connectivity index (χ1n) is 12.2. The van der Waals surface area contributed by atoms with E-state index in [1.54, 1.807) is 0 Å². The molecule has 1 amide bonds. The average molecular weight is 559 g/mol. The fraction of sp³-hybridized carbons (Fsp3) is 0.385. The normalized spacial score (nSPS) is 24.9. The third-order valence-corrected chi connectivity index (χ3v) is 9.91. The predicted molar refractivity (Wildman–Crippen MR) is 133 cm³/mol. The molecule has 2 aromatic rings. The Morgan fingerprint density at radius 1 is 1.18 bits per heavy atom. The molecule has 5 rings (SSSR count). The highest BCUT2D eigenvalue weighted by atomic mass is 32.2. The molecule has 0 unspecified atom stereocenters. The SMILES string of the molecule is Cc1noc(C)c1S(=O)(=O)CCc1ccc(O)c2c1C[C@H]1C[C@H]3CC(=O)C(C(N)=O)=C(O)[C@@]3(O)C(=O)C1=C2O. The third kappa shape index (κ3) is 3.79. The van der Waals surface area contributed by atoms with Crippen molar-refractivity contribution in [2.45, 2.75) is 50.0 Å². The number of nitrogens with two attached hydrogens (primary N) is 1. The monoisotopic (exact) mass is 558 g/mol. The summed E-state index contributed by atoms with van der Waals surface area (Å²) >= 11 is 0. The lowest BCUT2D eigenvalue weighted by Crippen LogP contribution is -2.58. The summed E-state index contributed by atoms with van der Waals surface area (Å²) in [4.78, 5) is 37.8. The minimum absolute atomic E-state index is 0.00231. The van der Waals surface area contributed by atoms with Crippen LogP contribution in [0.2, 0.25) is 0 Å². The molecular weight excluding hydrogens is 532 g/mol. The van der Waals surface area contributed by atoms with Crippen molar-refractivity contribution < 1.29 is 47.8 Å². The van der Waals surface area contributed by atoms with E-state index in [4.69, 9.17) is 10.3 Å². The number of hydrogen-bond acceptors (Lipinski definition) is 11. The molecule has 13 heteroatoms. The first kappa shape index (κ1) is 26.6. The van der Waals surface area contributed by atoms with E-state index < -0.39 is 68.3 Å². The van der Waals surface area contributed by atoms with Gasteiger partial charge in [0.15, 0.2) is 27.0 Å². The van der Waals surface area contributed by atoms with Gasteiger partial charge in [0.05, 0.1) is 17.0 Å². The summed E-state index contributed by atoms with van der Waals surface area (Å²) < 4.78 is 31.1. The summed E-state index contributed by atoms with van der Waals surface area (Å²) in [5.41, 5.74) is 2.50. The van der Waals surface area contributed by atoms with Gasteiger partial charge < -0.3 is 30.7 Å². The van der Waals surface area contributed by atoms with E-state index in [1.807, 2.05) is 0 Å². The van der Waals surface area contributed by atoms with Gasteiger partial charge in [0.2, 0.25) is 5.78 Å². The van der Waals surface area contributed by atoms with Crippen LogP contribution in [0.15, 0.2) is 38.5 Å². The lowest BCUT2D eigenvalue weighted by Gasteiger charge is -2.46. The number of aromatic hydroxyl groups is 1. The summed E-state index contributed by atoms with van der Waals surface area (Å²) in [5, 5.41) is 47.4. The van der Waals surface area contributed by atoms with Crippen LogP contribution in [0.4, 0.5) is 0 Å². The lowest BCUT2D eigenvalue weighted by molar-refractivity contribution is -0.147. The van der Waals surface area contributed by atoms with Crippen LogP contribution in [-0.4, -0.2) is 62.8 Å². The van der Waals surface area contributed by atoms with Gasteiger partial charge in [0.25, 0.3) is 5.91 Å². The number of ketones is 2. The van der Waals surface area contributed by atoms with Crippen molar-refractivity contribution in [1.82, 2.24) is 5.16 Å². The highest BCUT2D eigenvalue weighted by molar-refractivity contribution is 7.91. The van der Waals surface area contributed by atoms with Crippen LogP contribution in [0.1, 0.15) is 41.0 Å². The zero-order chi connectivity index (χ0) is 28.6. The number of rotatable bonds is 5. The van der Waals surface area contributed by atoms with Gasteiger partial charge in [0, 0.05) is 17.9 Å². The summed E-state index contributed by atoms with van der Waals surface area (Å²) in [5.74, 6) is -7.30. The summed E-state index contributed by atoms with van der Waals surface area (Å²) in [6.07, 6.45) is -0.348. The summed E-state index contributed by atoms with van der Waals surface area (Å²) in [6, 6.07) is 2.80. The van der Waals surface area contributed by atoms with Crippen LogP contribution in [0.3, 0.4) is 0 Å². The number of sulfone groups is 1. The van der Waals surface area contributed by atoms with E-state index in [2.05, 4.69) is 5.16 Å². The van der Waals surface area contributed by atoms with E-state index in [0.717, 1.165) is 0 Å². The number of phenols is 1. The number of primary amides is 1. The van der Waals surface area contributed by atoms with E-state index in [0.29, 0.717) is 11.1 Å². The van der Waals surface area contributed by atoms with Gasteiger partial charge in [-0.1, -0.05) is 11.2 Å². The smallest absolute Gasteiger partial charge is 0.255 e. The van der Waals surface area contributed by atoms with Crippen molar-refractivity contribution >= 4 is 33.1 Å². The number of aryl methyl sites for hydroxylation is 3. The maximum Gasteiger partial charge on any atom is 0.255 e. The standard InChI is InChI=1S/C26H26N2O10S/c1-10-22(11(2)38-28-10)39(36,37)6-5-12-3-4-16(29)19-15(12)8-13-7-14-9-17(30)20(25(27)34)24(33)26(14,35)23(32)18(13)21(19)31/h3-4,13-14,29,31,33,35H,5-9H2,1-2H3,(H2,27,34)/t13-,14+,26+/m1/s1. The maximum absolute atomic E-state index is 13.6. The van der Waals surface area contributed by atoms with Crippen molar-refractivity contribution in [2.24, 2.45) is 17.6 Å². The van der Waals surface area contributed by atoms with Gasteiger partial charge >= 0.3 is 0 Å². The van der Waals surface area contributed by atoms with Crippen LogP contribution in [0.5, 0.6) is 5.75 Å². The first-order chi connectivity index (χ1) is 18.2. The number of hydrogen-bond donors (Lipinski definition) is 5.